The Bertz CT molecular complexity index is 989. The van der Waals surface area contributed by atoms with Gasteiger partial charge >= 0.3 is 6.03 Å². The largest absolute Gasteiger partial charge is 0.497 e. The fourth-order valence-corrected chi connectivity index (χ4v) is 3.72. The van der Waals surface area contributed by atoms with Crippen molar-refractivity contribution >= 4 is 17.4 Å². The van der Waals surface area contributed by atoms with Crippen LogP contribution in [-0.4, -0.2) is 58.4 Å². The highest BCUT2D eigenvalue weighted by Gasteiger charge is 2.24. The number of methoxy groups -OCH3 is 2. The SMILES string of the molecule is C=CCN(C)CC=CCOc1ccc2c(c1)CCCN2C(=O)Nc1ccc(OC)cc1OC. The fourth-order valence-electron chi connectivity index (χ4n) is 3.72. The quantitative estimate of drug-likeness (QED) is 0.529. The van der Waals surface area contributed by atoms with Gasteiger partial charge < -0.3 is 19.5 Å². The molecule has 0 radical (unpaired) electrons. The third-order valence-electron chi connectivity index (χ3n) is 5.44. The smallest absolute Gasteiger partial charge is 0.326 e. The number of urea groups is 1. The Morgan fingerprint density at radius 2 is 1.94 bits per heavy atom. The summed E-state index contributed by atoms with van der Waals surface area (Å²) in [5.74, 6) is 2.02. The lowest BCUT2D eigenvalue weighted by molar-refractivity contribution is 0.256. The number of likely N-dealkylation sites (N-methyl/N-ethyl adjacent to an activating group) is 1. The molecule has 0 aromatic heterocycles. The molecule has 0 unspecified atom stereocenters. The van der Waals surface area contributed by atoms with Gasteiger partial charge in [-0.05, 0) is 55.8 Å². The molecule has 1 heterocycles. The maximum Gasteiger partial charge on any atom is 0.326 e. The molecule has 33 heavy (non-hydrogen) atoms. The second-order valence-corrected chi connectivity index (χ2v) is 7.83. The zero-order chi connectivity index (χ0) is 23.6. The minimum absolute atomic E-state index is 0.195. The van der Waals surface area contributed by atoms with Crippen molar-refractivity contribution in [3.8, 4) is 17.2 Å². The maximum absolute atomic E-state index is 13.1. The third kappa shape index (κ3) is 6.52. The molecule has 7 heteroatoms. The molecule has 1 N–H and O–H groups in total. The highest BCUT2D eigenvalue weighted by Crippen LogP contribution is 2.33. The van der Waals surface area contributed by atoms with Gasteiger partial charge in [0, 0.05) is 31.4 Å². The van der Waals surface area contributed by atoms with Crippen molar-refractivity contribution in [3.63, 3.8) is 0 Å². The highest BCUT2D eigenvalue weighted by atomic mass is 16.5. The molecule has 1 aliphatic heterocycles. The monoisotopic (exact) mass is 451 g/mol. The van der Waals surface area contributed by atoms with E-state index in [1.165, 1.54) is 0 Å². The number of hydrogen-bond donors (Lipinski definition) is 1. The van der Waals surface area contributed by atoms with E-state index in [9.17, 15) is 4.79 Å². The fraction of sp³-hybridized carbons (Fsp3) is 0.346. The molecule has 3 rings (SSSR count). The van der Waals surface area contributed by atoms with E-state index < -0.39 is 0 Å². The number of nitrogens with zero attached hydrogens (tertiary/aromatic N) is 2. The second-order valence-electron chi connectivity index (χ2n) is 7.83. The molecule has 7 nitrogen and oxygen atoms in total. The van der Waals surface area contributed by atoms with Crippen molar-refractivity contribution in [1.29, 1.82) is 0 Å². The van der Waals surface area contributed by atoms with E-state index in [2.05, 4.69) is 22.9 Å². The third-order valence-corrected chi connectivity index (χ3v) is 5.44. The van der Waals surface area contributed by atoms with Gasteiger partial charge in [0.1, 0.15) is 23.9 Å². The zero-order valence-corrected chi connectivity index (χ0v) is 19.7. The summed E-state index contributed by atoms with van der Waals surface area (Å²) in [5, 5.41) is 2.96. The Morgan fingerprint density at radius 3 is 2.70 bits per heavy atom. The predicted molar refractivity (Wildman–Crippen MR) is 133 cm³/mol. The number of hydrogen-bond acceptors (Lipinski definition) is 5. The van der Waals surface area contributed by atoms with Gasteiger partial charge in [0.05, 0.1) is 19.9 Å². The number of fused-ring (bicyclic) bond motifs is 1. The van der Waals surface area contributed by atoms with Crippen LogP contribution in [0.4, 0.5) is 16.2 Å². The molecule has 0 fully saturated rings. The number of carbonyl (C=O) groups excluding carboxylic acids is 1. The van der Waals surface area contributed by atoms with Crippen LogP contribution in [0.5, 0.6) is 17.2 Å². The molecule has 2 aromatic rings. The van der Waals surface area contributed by atoms with E-state index >= 15 is 0 Å². The average molecular weight is 452 g/mol. The summed E-state index contributed by atoms with van der Waals surface area (Å²) < 4.78 is 16.5. The van der Waals surface area contributed by atoms with Crippen LogP contribution < -0.4 is 24.4 Å². The van der Waals surface area contributed by atoms with Crippen LogP contribution in [0.2, 0.25) is 0 Å². The minimum atomic E-state index is -0.195. The lowest BCUT2D eigenvalue weighted by Crippen LogP contribution is -2.38. The lowest BCUT2D eigenvalue weighted by Gasteiger charge is -2.30. The van der Waals surface area contributed by atoms with Crippen LogP contribution in [0.25, 0.3) is 0 Å². The Labute approximate surface area is 196 Å². The van der Waals surface area contributed by atoms with Crippen LogP contribution in [0.3, 0.4) is 0 Å². The number of benzene rings is 2. The number of amides is 2. The van der Waals surface area contributed by atoms with Crippen LogP contribution in [0, 0.1) is 0 Å². The summed E-state index contributed by atoms with van der Waals surface area (Å²) >= 11 is 0. The van der Waals surface area contributed by atoms with Gasteiger partial charge in [-0.15, -0.1) is 6.58 Å². The standard InChI is InChI=1S/C26H33N3O4/c1-5-14-28(2)15-6-7-17-33-22-11-13-24-20(18-22)9-8-16-29(24)26(30)27-23-12-10-21(31-3)19-25(23)32-4/h5-7,10-13,18-19H,1,8-9,14-17H2,2-4H3,(H,27,30). The number of rotatable bonds is 10. The maximum atomic E-state index is 13.1. The van der Waals surface area contributed by atoms with Crippen LogP contribution in [-0.2, 0) is 6.42 Å². The number of ether oxygens (including phenoxy) is 3. The molecule has 2 aromatic carbocycles. The van der Waals surface area contributed by atoms with E-state index in [0.29, 0.717) is 30.3 Å². The molecule has 0 spiro atoms. The lowest BCUT2D eigenvalue weighted by atomic mass is 10.0. The summed E-state index contributed by atoms with van der Waals surface area (Å²) in [4.78, 5) is 17.0. The van der Waals surface area contributed by atoms with Gasteiger partial charge in [-0.25, -0.2) is 4.79 Å². The molecule has 0 saturated carbocycles. The second kappa shape index (κ2) is 12.0. The van der Waals surface area contributed by atoms with E-state index in [1.54, 1.807) is 37.3 Å². The normalized spacial score (nSPS) is 13.0. The van der Waals surface area contributed by atoms with Crippen LogP contribution >= 0.6 is 0 Å². The Hall–Kier alpha value is -3.45. The van der Waals surface area contributed by atoms with Gasteiger partial charge in [-0.3, -0.25) is 9.80 Å². The van der Waals surface area contributed by atoms with Crippen molar-refractivity contribution in [3.05, 3.63) is 66.8 Å². The Morgan fingerprint density at radius 1 is 1.12 bits per heavy atom. The summed E-state index contributed by atoms with van der Waals surface area (Å²) in [6.45, 7) is 6.60. The van der Waals surface area contributed by atoms with E-state index in [1.807, 2.05) is 37.4 Å². The van der Waals surface area contributed by atoms with Crippen molar-refractivity contribution in [2.45, 2.75) is 12.8 Å². The first-order valence-corrected chi connectivity index (χ1v) is 11.1. The van der Waals surface area contributed by atoms with Crippen LogP contribution in [0.15, 0.2) is 61.2 Å². The Kier molecular flexibility index (Phi) is 8.78. The number of anilines is 2. The number of carbonyl (C=O) groups is 1. The number of nitrogens with one attached hydrogen (secondary N) is 1. The van der Waals surface area contributed by atoms with Crippen molar-refractivity contribution in [2.75, 3.05) is 57.7 Å². The number of aryl methyl sites for hydroxylation is 1. The van der Waals surface area contributed by atoms with Gasteiger partial charge in [0.15, 0.2) is 0 Å². The average Bonchev–Trinajstić information content (AvgIpc) is 2.83. The van der Waals surface area contributed by atoms with Gasteiger partial charge in [0.2, 0.25) is 0 Å². The first-order valence-electron chi connectivity index (χ1n) is 11.1. The molecular weight excluding hydrogens is 418 g/mol. The molecule has 0 aliphatic carbocycles. The molecule has 0 saturated heterocycles. The zero-order valence-electron chi connectivity index (χ0n) is 19.7. The molecule has 1 aliphatic rings. The van der Waals surface area contributed by atoms with Gasteiger partial charge in [-0.1, -0.05) is 18.2 Å². The summed E-state index contributed by atoms with van der Waals surface area (Å²) in [6, 6.07) is 11.0. The minimum Gasteiger partial charge on any atom is -0.497 e. The first kappa shape index (κ1) is 24.2. The summed E-state index contributed by atoms with van der Waals surface area (Å²) in [6.07, 6.45) is 7.78. The Balaban J connectivity index is 1.63. The molecule has 0 bridgehead atoms. The van der Waals surface area contributed by atoms with Crippen molar-refractivity contribution in [1.82, 2.24) is 4.90 Å². The molecule has 176 valence electrons. The summed E-state index contributed by atoms with van der Waals surface area (Å²) in [7, 11) is 5.20. The van der Waals surface area contributed by atoms with E-state index in [4.69, 9.17) is 14.2 Å². The molecular formula is C26H33N3O4. The first-order chi connectivity index (χ1) is 16.0. The molecule has 2 amide bonds. The van der Waals surface area contributed by atoms with E-state index in [-0.39, 0.29) is 6.03 Å². The van der Waals surface area contributed by atoms with Crippen molar-refractivity contribution < 1.29 is 19.0 Å². The highest BCUT2D eigenvalue weighted by molar-refractivity contribution is 6.03. The summed E-state index contributed by atoms with van der Waals surface area (Å²) in [5.41, 5.74) is 2.60. The molecule has 0 atom stereocenters. The van der Waals surface area contributed by atoms with Gasteiger partial charge in [-0.2, -0.15) is 0 Å². The van der Waals surface area contributed by atoms with Crippen LogP contribution in [0.1, 0.15) is 12.0 Å². The van der Waals surface area contributed by atoms with Crippen molar-refractivity contribution in [2.24, 2.45) is 0 Å². The van der Waals surface area contributed by atoms with Gasteiger partial charge in [0.25, 0.3) is 0 Å². The van der Waals surface area contributed by atoms with E-state index in [0.717, 1.165) is 42.9 Å². The topological polar surface area (TPSA) is 63.3 Å². The predicted octanol–water partition coefficient (Wildman–Crippen LogP) is 4.74.